The Labute approximate surface area is 97.8 Å². The van der Waals surface area contributed by atoms with Gasteiger partial charge in [0, 0.05) is 13.3 Å². The van der Waals surface area contributed by atoms with Crippen LogP contribution in [-0.2, 0) is 4.79 Å². The first-order chi connectivity index (χ1) is 7.10. The molecule has 0 rings (SSSR count). The van der Waals surface area contributed by atoms with Gasteiger partial charge in [0.2, 0.25) is 0 Å². The van der Waals surface area contributed by atoms with Crippen molar-refractivity contribution in [3.05, 3.63) is 0 Å². The van der Waals surface area contributed by atoms with E-state index in [1.165, 1.54) is 0 Å². The number of aliphatic imine (C=N–C) groups is 1. The van der Waals surface area contributed by atoms with E-state index < -0.39 is 0 Å². The zero-order chi connectivity index (χ0) is 11.7. The van der Waals surface area contributed by atoms with Gasteiger partial charge in [-0.2, -0.15) is 0 Å². The van der Waals surface area contributed by atoms with Crippen molar-refractivity contribution in [1.29, 1.82) is 0 Å². The normalized spacial score (nSPS) is 10.9. The van der Waals surface area contributed by atoms with Gasteiger partial charge in [-0.25, -0.2) is 4.99 Å². The predicted molar refractivity (Wildman–Crippen MR) is 66.3 cm³/mol. The van der Waals surface area contributed by atoms with Gasteiger partial charge in [0.15, 0.2) is 5.78 Å². The number of nitrogens with zero attached hydrogens (tertiary/aromatic N) is 2. The Morgan fingerprint density at radius 2 is 2.00 bits per heavy atom. The lowest BCUT2D eigenvalue weighted by molar-refractivity contribution is -0.917. The van der Waals surface area contributed by atoms with Crippen LogP contribution in [0.2, 0.25) is 0 Å². The van der Waals surface area contributed by atoms with E-state index >= 15 is 0 Å². The zero-order valence-corrected chi connectivity index (χ0v) is 10.8. The van der Waals surface area contributed by atoms with Crippen molar-refractivity contribution in [2.45, 2.75) is 27.2 Å². The quantitative estimate of drug-likeness (QED) is 0.275. The molecule has 0 heterocycles. The number of isothiocyanates is 1. The van der Waals surface area contributed by atoms with Crippen molar-refractivity contribution in [3.63, 3.8) is 0 Å². The van der Waals surface area contributed by atoms with Gasteiger partial charge in [-0.05, 0) is 26.1 Å². The Hall–Kier alpha value is -0.570. The molecule has 3 nitrogen and oxygen atoms in total. The van der Waals surface area contributed by atoms with Crippen LogP contribution in [0.4, 0.5) is 0 Å². The Balaban J connectivity index is 4.22. The molecule has 0 saturated carbocycles. The molecule has 0 aliphatic heterocycles. The molecule has 0 bridgehead atoms. The molecule has 0 spiro atoms. The van der Waals surface area contributed by atoms with Crippen molar-refractivity contribution in [2.24, 2.45) is 4.99 Å². The zero-order valence-electron chi connectivity index (χ0n) is 9.95. The first-order valence-corrected chi connectivity index (χ1v) is 5.89. The van der Waals surface area contributed by atoms with Crippen LogP contribution >= 0.6 is 12.2 Å². The summed E-state index contributed by atoms with van der Waals surface area (Å²) in [6.07, 6.45) is 0.971. The molecule has 0 aromatic heterocycles. The van der Waals surface area contributed by atoms with E-state index in [-0.39, 0.29) is 5.78 Å². The van der Waals surface area contributed by atoms with Crippen LogP contribution < -0.4 is 0 Å². The lowest BCUT2D eigenvalue weighted by Gasteiger charge is -2.35. The molecule has 0 aromatic rings. The molecule has 4 heteroatoms. The van der Waals surface area contributed by atoms with E-state index in [4.69, 9.17) is 0 Å². The molecule has 0 N–H and O–H groups in total. The van der Waals surface area contributed by atoms with Crippen LogP contribution in [0, 0.1) is 0 Å². The highest BCUT2D eigenvalue weighted by Crippen LogP contribution is 2.08. The van der Waals surface area contributed by atoms with Crippen molar-refractivity contribution in [1.82, 2.24) is 0 Å². The van der Waals surface area contributed by atoms with E-state index in [1.54, 1.807) is 6.92 Å². The molecule has 0 amide bonds. The van der Waals surface area contributed by atoms with Gasteiger partial charge < -0.3 is 4.48 Å². The molecule has 0 saturated heterocycles. The van der Waals surface area contributed by atoms with Gasteiger partial charge in [-0.15, -0.1) is 0 Å². The first kappa shape index (κ1) is 14.4. The second-order valence-electron chi connectivity index (χ2n) is 3.88. The standard InChI is InChI=1S/C11H21N2OS/c1-4-13(5-2,9-11(3)14)8-6-7-12-10-15/h4-9H2,1-3H3/q+1. The number of ketones is 1. The minimum atomic E-state index is 0.261. The second kappa shape index (κ2) is 7.69. The lowest BCUT2D eigenvalue weighted by atomic mass is 10.2. The fourth-order valence-corrected chi connectivity index (χ4v) is 1.94. The van der Waals surface area contributed by atoms with Crippen LogP contribution in [0.5, 0.6) is 0 Å². The van der Waals surface area contributed by atoms with E-state index in [9.17, 15) is 4.79 Å². The molecule has 86 valence electrons. The third kappa shape index (κ3) is 5.78. The molecule has 0 unspecified atom stereocenters. The van der Waals surface area contributed by atoms with Crippen LogP contribution in [-0.4, -0.2) is 48.2 Å². The summed E-state index contributed by atoms with van der Waals surface area (Å²) in [5.41, 5.74) is 0. The summed E-state index contributed by atoms with van der Waals surface area (Å²) in [6, 6.07) is 0. The number of likely N-dealkylation sites (N-methyl/N-ethyl adjacent to an activating group) is 1. The average molecular weight is 229 g/mol. The molecular weight excluding hydrogens is 208 g/mol. The maximum Gasteiger partial charge on any atom is 0.183 e. The summed E-state index contributed by atoms with van der Waals surface area (Å²) in [5, 5.41) is 2.37. The van der Waals surface area contributed by atoms with Crippen LogP contribution in [0.25, 0.3) is 0 Å². The van der Waals surface area contributed by atoms with E-state index in [1.807, 2.05) is 0 Å². The van der Waals surface area contributed by atoms with Gasteiger partial charge in [0.05, 0.1) is 31.3 Å². The number of Topliss-reactive ketones (excluding diaryl/α,β-unsaturated/α-hetero) is 1. The summed E-state index contributed by atoms with van der Waals surface area (Å²) in [6.45, 7) is 10.3. The molecule has 0 aliphatic rings. The number of hydrogen-bond donors (Lipinski definition) is 0. The summed E-state index contributed by atoms with van der Waals surface area (Å²) < 4.78 is 0.863. The first-order valence-electron chi connectivity index (χ1n) is 5.48. The van der Waals surface area contributed by atoms with E-state index in [0.29, 0.717) is 6.54 Å². The number of quaternary nitrogens is 1. The second-order valence-corrected chi connectivity index (χ2v) is 4.07. The number of thiocarbonyl (C=S) groups is 1. The number of carbonyl (C=O) groups excluding carboxylic acids is 1. The Morgan fingerprint density at radius 3 is 2.40 bits per heavy atom. The molecule has 0 aromatic carbocycles. The SMILES string of the molecule is CC[N+](CC)(CCCN=C=S)CC(C)=O. The van der Waals surface area contributed by atoms with Gasteiger partial charge in [0.25, 0.3) is 0 Å². The molecule has 0 aliphatic carbocycles. The third-order valence-electron chi connectivity index (χ3n) is 2.87. The monoisotopic (exact) mass is 229 g/mol. The predicted octanol–water partition coefficient (Wildman–Crippen LogP) is 1.92. The molecule has 15 heavy (non-hydrogen) atoms. The van der Waals surface area contributed by atoms with Gasteiger partial charge in [0.1, 0.15) is 6.54 Å². The summed E-state index contributed by atoms with van der Waals surface area (Å²) in [5.74, 6) is 0.261. The Bertz CT molecular complexity index is 243. The summed E-state index contributed by atoms with van der Waals surface area (Å²) in [4.78, 5) is 15.1. The third-order valence-corrected chi connectivity index (χ3v) is 3.00. The minimum absolute atomic E-state index is 0.261. The highest BCUT2D eigenvalue weighted by Gasteiger charge is 2.24. The van der Waals surface area contributed by atoms with Crippen LogP contribution in [0.3, 0.4) is 0 Å². The lowest BCUT2D eigenvalue weighted by Crippen LogP contribution is -2.51. The maximum atomic E-state index is 11.2. The Morgan fingerprint density at radius 1 is 1.40 bits per heavy atom. The highest BCUT2D eigenvalue weighted by atomic mass is 32.1. The van der Waals surface area contributed by atoms with Crippen molar-refractivity contribution in [3.8, 4) is 0 Å². The smallest absolute Gasteiger partial charge is 0.183 e. The topological polar surface area (TPSA) is 29.4 Å². The van der Waals surface area contributed by atoms with E-state index in [0.717, 1.165) is 37.1 Å². The minimum Gasteiger partial charge on any atom is -0.318 e. The van der Waals surface area contributed by atoms with Crippen LogP contribution in [0.1, 0.15) is 27.2 Å². The van der Waals surface area contributed by atoms with Gasteiger partial charge >= 0.3 is 0 Å². The largest absolute Gasteiger partial charge is 0.318 e. The van der Waals surface area contributed by atoms with Gasteiger partial charge in [-0.1, -0.05) is 0 Å². The molecule has 0 fully saturated rings. The molecular formula is C11H21N2OS+. The number of rotatable bonds is 8. The number of hydrogen-bond acceptors (Lipinski definition) is 3. The van der Waals surface area contributed by atoms with Crippen molar-refractivity contribution >= 4 is 23.2 Å². The van der Waals surface area contributed by atoms with E-state index in [2.05, 4.69) is 36.2 Å². The molecule has 0 radical (unpaired) electrons. The fraction of sp³-hybridized carbons (Fsp3) is 0.818. The summed E-state index contributed by atoms with van der Waals surface area (Å²) in [7, 11) is 0. The Kier molecular flexibility index (Phi) is 7.39. The van der Waals surface area contributed by atoms with Crippen molar-refractivity contribution < 1.29 is 9.28 Å². The van der Waals surface area contributed by atoms with Gasteiger partial charge in [-0.3, -0.25) is 4.79 Å². The fourth-order valence-electron chi connectivity index (χ4n) is 1.85. The van der Waals surface area contributed by atoms with Crippen LogP contribution in [0.15, 0.2) is 4.99 Å². The summed E-state index contributed by atoms with van der Waals surface area (Å²) >= 11 is 4.51. The number of carbonyl (C=O) groups is 1. The average Bonchev–Trinajstić information content (AvgIpc) is 2.22. The maximum absolute atomic E-state index is 11.2. The highest BCUT2D eigenvalue weighted by molar-refractivity contribution is 7.78. The van der Waals surface area contributed by atoms with Crippen molar-refractivity contribution in [2.75, 3.05) is 32.7 Å². The molecule has 0 atom stereocenters.